The molecule has 1 amide bonds. The van der Waals surface area contributed by atoms with Gasteiger partial charge in [0.2, 0.25) is 0 Å². The largest absolute Gasteiger partial charge is 0.493 e. The van der Waals surface area contributed by atoms with Crippen LogP contribution < -0.4 is 14.8 Å². The monoisotopic (exact) mass is 645 g/mol. The van der Waals surface area contributed by atoms with E-state index in [1.807, 2.05) is 26.0 Å². The molecule has 37 heavy (non-hydrogen) atoms. The summed E-state index contributed by atoms with van der Waals surface area (Å²) in [6.45, 7) is 4.20. The van der Waals surface area contributed by atoms with Crippen molar-refractivity contribution >= 4 is 72.1 Å². The molecule has 0 saturated carbocycles. The molecule has 0 aliphatic carbocycles. The van der Waals surface area contributed by atoms with Gasteiger partial charge in [-0.05, 0) is 90.3 Å². The summed E-state index contributed by atoms with van der Waals surface area (Å²) in [5.41, 5.74) is 4.42. The summed E-state index contributed by atoms with van der Waals surface area (Å²) in [6, 6.07) is 13.6. The van der Waals surface area contributed by atoms with Crippen LogP contribution in [0.2, 0.25) is 0 Å². The molecule has 0 bridgehead atoms. The summed E-state index contributed by atoms with van der Waals surface area (Å²) in [4.78, 5) is 28.1. The second-order valence-electron chi connectivity index (χ2n) is 8.11. The number of hydrogen-bond donors (Lipinski definition) is 1. The van der Waals surface area contributed by atoms with Gasteiger partial charge in [-0.2, -0.15) is 0 Å². The van der Waals surface area contributed by atoms with Crippen LogP contribution in [0.5, 0.6) is 11.5 Å². The number of ether oxygens (including phenoxy) is 2. The summed E-state index contributed by atoms with van der Waals surface area (Å²) in [5.74, 6) is 0.732. The number of thioether (sulfide) groups is 1. The molecule has 8 nitrogen and oxygen atoms in total. The van der Waals surface area contributed by atoms with E-state index in [1.165, 1.54) is 31.0 Å². The topological polar surface area (TPSA) is 103 Å². The summed E-state index contributed by atoms with van der Waals surface area (Å²) < 4.78 is 13.2. The molecule has 11 heteroatoms. The van der Waals surface area contributed by atoms with Crippen molar-refractivity contribution in [3.63, 3.8) is 0 Å². The molecule has 1 aliphatic rings. The van der Waals surface area contributed by atoms with Crippen LogP contribution >= 0.6 is 43.6 Å². The van der Waals surface area contributed by atoms with Crippen molar-refractivity contribution in [1.82, 2.24) is 5.32 Å². The van der Waals surface area contributed by atoms with Crippen molar-refractivity contribution in [2.45, 2.75) is 20.5 Å². The number of non-ortho nitro benzene ring substituents is 1. The molecule has 3 aromatic rings. The van der Waals surface area contributed by atoms with E-state index >= 15 is 0 Å². The zero-order valence-corrected chi connectivity index (χ0v) is 24.0. The highest BCUT2D eigenvalue weighted by Gasteiger charge is 2.24. The van der Waals surface area contributed by atoms with Crippen LogP contribution in [0.3, 0.4) is 0 Å². The van der Waals surface area contributed by atoms with Gasteiger partial charge in [0.05, 0.1) is 22.6 Å². The van der Waals surface area contributed by atoms with Gasteiger partial charge in [-0.15, -0.1) is 0 Å². The highest BCUT2D eigenvalue weighted by molar-refractivity contribution is 9.10. The Kier molecular flexibility index (Phi) is 8.35. The van der Waals surface area contributed by atoms with Crippen LogP contribution in [0, 0.1) is 24.0 Å². The first-order chi connectivity index (χ1) is 17.6. The molecule has 0 spiro atoms. The lowest BCUT2D eigenvalue weighted by molar-refractivity contribution is -0.384. The SMILES string of the molecule is COc1cc(/C=C2\SC(=Nc3cc(C)c(Br)c(C)c3)NC2=O)c(Br)cc1OCc1ccc([N+](=O)[O-])cc1. The standard InChI is InChI=1S/C26H21Br2N3O5S/c1-14-8-18(9-15(2)24(14)28)29-26-30-25(32)23(37-26)11-17-10-21(35-3)22(12-20(17)27)36-13-16-4-6-19(7-5-16)31(33)34/h4-12H,13H2,1-3H3,(H,29,30,32)/b23-11-. The first kappa shape index (κ1) is 26.9. The van der Waals surface area contributed by atoms with Gasteiger partial charge >= 0.3 is 0 Å². The highest BCUT2D eigenvalue weighted by atomic mass is 79.9. The van der Waals surface area contributed by atoms with Crippen LogP contribution in [0.25, 0.3) is 6.08 Å². The molecular weight excluding hydrogens is 626 g/mol. The second-order valence-corrected chi connectivity index (χ2v) is 10.8. The number of methoxy groups -OCH3 is 1. The van der Waals surface area contributed by atoms with Crippen LogP contribution in [-0.2, 0) is 11.4 Å². The van der Waals surface area contributed by atoms with Crippen LogP contribution in [0.1, 0.15) is 22.3 Å². The Labute approximate surface area is 234 Å². The van der Waals surface area contributed by atoms with Gasteiger partial charge in [0.15, 0.2) is 16.7 Å². The lowest BCUT2D eigenvalue weighted by Crippen LogP contribution is -2.19. The smallest absolute Gasteiger partial charge is 0.269 e. The number of carbonyl (C=O) groups is 1. The zero-order valence-electron chi connectivity index (χ0n) is 20.0. The molecule has 1 N–H and O–H groups in total. The molecule has 0 aromatic heterocycles. The van der Waals surface area contributed by atoms with Crippen molar-refractivity contribution in [3.8, 4) is 11.5 Å². The Morgan fingerprint density at radius 1 is 1.08 bits per heavy atom. The molecule has 190 valence electrons. The fourth-order valence-electron chi connectivity index (χ4n) is 3.54. The lowest BCUT2D eigenvalue weighted by atomic mass is 10.1. The molecule has 1 heterocycles. The predicted molar refractivity (Wildman–Crippen MR) is 153 cm³/mol. The average molecular weight is 647 g/mol. The Balaban J connectivity index is 1.52. The maximum atomic E-state index is 12.6. The Morgan fingerprint density at radius 2 is 1.76 bits per heavy atom. The minimum Gasteiger partial charge on any atom is -0.493 e. The first-order valence-corrected chi connectivity index (χ1v) is 13.3. The molecule has 4 rings (SSSR count). The number of nitrogens with zero attached hydrogens (tertiary/aromatic N) is 2. The van der Waals surface area contributed by atoms with Crippen molar-refractivity contribution < 1.29 is 19.2 Å². The third-order valence-electron chi connectivity index (χ3n) is 5.41. The minimum atomic E-state index is -0.446. The fourth-order valence-corrected chi connectivity index (χ4v) is 5.03. The second kappa shape index (κ2) is 11.5. The van der Waals surface area contributed by atoms with Gasteiger partial charge in [0, 0.05) is 21.1 Å². The van der Waals surface area contributed by atoms with E-state index in [0.29, 0.717) is 26.0 Å². The number of nitrogens with one attached hydrogen (secondary N) is 1. The summed E-state index contributed by atoms with van der Waals surface area (Å²) in [6.07, 6.45) is 1.76. The first-order valence-electron chi connectivity index (χ1n) is 10.9. The number of amidine groups is 1. The number of aryl methyl sites for hydroxylation is 2. The third-order valence-corrected chi connectivity index (χ3v) is 8.26. The van der Waals surface area contributed by atoms with Crippen LogP contribution in [0.4, 0.5) is 11.4 Å². The van der Waals surface area contributed by atoms with Gasteiger partial charge in [-0.25, -0.2) is 4.99 Å². The molecular formula is C26H21Br2N3O5S. The Morgan fingerprint density at radius 3 is 2.38 bits per heavy atom. The van der Waals surface area contributed by atoms with Crippen molar-refractivity contribution in [2.24, 2.45) is 4.99 Å². The summed E-state index contributed by atoms with van der Waals surface area (Å²) in [5, 5.41) is 14.2. The normalized spacial score (nSPS) is 15.2. The number of halogens is 2. The maximum absolute atomic E-state index is 12.6. The number of carbonyl (C=O) groups excluding carboxylic acids is 1. The van der Waals surface area contributed by atoms with E-state index in [4.69, 9.17) is 9.47 Å². The number of nitro groups is 1. The minimum absolute atomic E-state index is 0.0190. The van der Waals surface area contributed by atoms with Crippen molar-refractivity contribution in [3.05, 3.63) is 94.7 Å². The van der Waals surface area contributed by atoms with Gasteiger partial charge in [0.25, 0.3) is 11.6 Å². The number of hydrogen-bond acceptors (Lipinski definition) is 7. The number of amides is 1. The Bertz CT molecular complexity index is 1430. The molecule has 1 saturated heterocycles. The number of nitro benzene ring substituents is 1. The summed E-state index contributed by atoms with van der Waals surface area (Å²) >= 11 is 8.37. The highest BCUT2D eigenvalue weighted by Crippen LogP contribution is 2.37. The van der Waals surface area contributed by atoms with E-state index in [-0.39, 0.29) is 18.2 Å². The van der Waals surface area contributed by atoms with E-state index < -0.39 is 4.92 Å². The van der Waals surface area contributed by atoms with E-state index in [0.717, 1.165) is 32.4 Å². The van der Waals surface area contributed by atoms with E-state index in [9.17, 15) is 14.9 Å². The molecule has 3 aromatic carbocycles. The van der Waals surface area contributed by atoms with E-state index in [2.05, 4.69) is 42.2 Å². The Hall–Kier alpha value is -3.15. The van der Waals surface area contributed by atoms with Crippen LogP contribution in [0.15, 0.2) is 67.4 Å². The molecule has 0 radical (unpaired) electrons. The fraction of sp³-hybridized carbons (Fsp3) is 0.154. The van der Waals surface area contributed by atoms with Crippen molar-refractivity contribution in [1.29, 1.82) is 0 Å². The third kappa shape index (κ3) is 6.41. The zero-order chi connectivity index (χ0) is 26.7. The number of aliphatic imine (C=N–C) groups is 1. The quantitative estimate of drug-likeness (QED) is 0.165. The molecule has 0 atom stereocenters. The van der Waals surface area contributed by atoms with Gasteiger partial charge in [-0.3, -0.25) is 14.9 Å². The molecule has 1 fully saturated rings. The van der Waals surface area contributed by atoms with E-state index in [1.54, 1.807) is 30.3 Å². The molecule has 1 aliphatic heterocycles. The van der Waals surface area contributed by atoms with Gasteiger partial charge < -0.3 is 14.8 Å². The van der Waals surface area contributed by atoms with Crippen molar-refractivity contribution in [2.75, 3.05) is 7.11 Å². The number of rotatable bonds is 7. The predicted octanol–water partition coefficient (Wildman–Crippen LogP) is 7.22. The average Bonchev–Trinajstić information content (AvgIpc) is 3.20. The number of benzene rings is 3. The lowest BCUT2D eigenvalue weighted by Gasteiger charge is -2.13. The van der Waals surface area contributed by atoms with Crippen LogP contribution in [-0.4, -0.2) is 23.1 Å². The maximum Gasteiger partial charge on any atom is 0.269 e. The van der Waals surface area contributed by atoms with Gasteiger partial charge in [0.1, 0.15) is 6.61 Å². The van der Waals surface area contributed by atoms with Gasteiger partial charge in [-0.1, -0.05) is 31.9 Å². The summed E-state index contributed by atoms with van der Waals surface area (Å²) in [7, 11) is 1.53. The molecule has 0 unspecified atom stereocenters.